The van der Waals surface area contributed by atoms with Gasteiger partial charge in [0.1, 0.15) is 18.2 Å². The van der Waals surface area contributed by atoms with Gasteiger partial charge < -0.3 is 14.8 Å². The number of rotatable bonds is 9. The van der Waals surface area contributed by atoms with E-state index in [0.29, 0.717) is 34.2 Å². The summed E-state index contributed by atoms with van der Waals surface area (Å²) in [5.74, 6) is 0.549. The van der Waals surface area contributed by atoms with Crippen LogP contribution in [0.5, 0.6) is 11.5 Å². The van der Waals surface area contributed by atoms with Crippen molar-refractivity contribution in [1.82, 2.24) is 0 Å². The van der Waals surface area contributed by atoms with Gasteiger partial charge in [0.2, 0.25) is 0 Å². The van der Waals surface area contributed by atoms with Crippen molar-refractivity contribution >= 4 is 29.3 Å². The number of hydrogen-bond acceptors (Lipinski definition) is 4. The minimum absolute atomic E-state index is 0.0298. The predicted molar refractivity (Wildman–Crippen MR) is 136 cm³/mol. The van der Waals surface area contributed by atoms with Crippen LogP contribution in [0.25, 0.3) is 6.08 Å². The van der Waals surface area contributed by atoms with E-state index in [1.54, 1.807) is 31.4 Å². The summed E-state index contributed by atoms with van der Waals surface area (Å²) in [7, 11) is 1.54. The van der Waals surface area contributed by atoms with Gasteiger partial charge >= 0.3 is 0 Å². The number of aryl methyl sites for hydroxylation is 1. The summed E-state index contributed by atoms with van der Waals surface area (Å²) in [4.78, 5) is 12.7. The summed E-state index contributed by atoms with van der Waals surface area (Å²) in [6, 6.07) is 20.4. The predicted octanol–water partition coefficient (Wildman–Crippen LogP) is 6.51. The maximum Gasteiger partial charge on any atom is 0.266 e. The van der Waals surface area contributed by atoms with Crippen molar-refractivity contribution in [2.24, 2.45) is 0 Å². The number of nitrogens with zero attached hydrogens (tertiary/aromatic N) is 1. The first-order valence-corrected chi connectivity index (χ1v) is 11.0. The third kappa shape index (κ3) is 6.28. The minimum atomic E-state index is -0.489. The zero-order valence-corrected chi connectivity index (χ0v) is 19.9. The minimum Gasteiger partial charge on any atom is -0.493 e. The van der Waals surface area contributed by atoms with Gasteiger partial charge in [-0.2, -0.15) is 5.26 Å². The molecule has 0 aliphatic carbocycles. The summed E-state index contributed by atoms with van der Waals surface area (Å²) in [6.07, 6.45) is 3.78. The molecule has 0 saturated carbocycles. The van der Waals surface area contributed by atoms with Gasteiger partial charge in [0.05, 0.1) is 7.11 Å². The SMILES string of the molecule is C=CCc1cc(/C=C(\C#N)C(=O)Nc2cccc(C)c2)cc(OC)c1OCc1ccccc1Cl. The Morgan fingerprint density at radius 2 is 1.94 bits per heavy atom. The van der Waals surface area contributed by atoms with Crippen molar-refractivity contribution < 1.29 is 14.3 Å². The number of carbonyl (C=O) groups is 1. The van der Waals surface area contributed by atoms with E-state index in [4.69, 9.17) is 21.1 Å². The van der Waals surface area contributed by atoms with Crippen LogP contribution in [0.3, 0.4) is 0 Å². The molecule has 0 fully saturated rings. The Balaban J connectivity index is 1.91. The molecule has 0 aliphatic rings. The molecule has 0 aromatic heterocycles. The first-order chi connectivity index (χ1) is 16.4. The standard InChI is InChI=1S/C28H25ClN2O3/c1-4-8-21-14-20(15-23(17-30)28(32)31-24-11-7-9-19(2)13-24)16-26(33-3)27(21)34-18-22-10-5-6-12-25(22)29/h4-7,9-16H,1,8,18H2,2-3H3,(H,31,32)/b23-15+. The van der Waals surface area contributed by atoms with E-state index in [-0.39, 0.29) is 12.2 Å². The van der Waals surface area contributed by atoms with Crippen LogP contribution in [0.15, 0.2) is 78.9 Å². The van der Waals surface area contributed by atoms with Gasteiger partial charge in [-0.15, -0.1) is 6.58 Å². The highest BCUT2D eigenvalue weighted by Crippen LogP contribution is 2.35. The van der Waals surface area contributed by atoms with E-state index in [1.807, 2.05) is 55.5 Å². The molecule has 0 atom stereocenters. The fourth-order valence-corrected chi connectivity index (χ4v) is 3.58. The summed E-state index contributed by atoms with van der Waals surface area (Å²) >= 11 is 6.26. The van der Waals surface area contributed by atoms with E-state index < -0.39 is 5.91 Å². The van der Waals surface area contributed by atoms with Crippen molar-refractivity contribution in [3.05, 3.63) is 106 Å². The molecule has 5 nitrogen and oxygen atoms in total. The second kappa shape index (κ2) is 11.7. The van der Waals surface area contributed by atoms with E-state index in [9.17, 15) is 10.1 Å². The Labute approximate surface area is 204 Å². The van der Waals surface area contributed by atoms with Gasteiger partial charge in [0, 0.05) is 21.8 Å². The molecule has 3 aromatic carbocycles. The number of anilines is 1. The largest absolute Gasteiger partial charge is 0.493 e. The Hall–Kier alpha value is -4.01. The van der Waals surface area contributed by atoms with Gasteiger partial charge in [0.15, 0.2) is 11.5 Å². The third-order valence-electron chi connectivity index (χ3n) is 5.02. The molecule has 1 N–H and O–H groups in total. The van der Waals surface area contributed by atoms with E-state index in [2.05, 4.69) is 11.9 Å². The highest BCUT2D eigenvalue weighted by atomic mass is 35.5. The van der Waals surface area contributed by atoms with Gasteiger partial charge in [-0.25, -0.2) is 0 Å². The first-order valence-electron chi connectivity index (χ1n) is 10.6. The van der Waals surface area contributed by atoms with E-state index in [0.717, 1.165) is 16.7 Å². The van der Waals surface area contributed by atoms with Gasteiger partial charge in [-0.3, -0.25) is 4.79 Å². The Morgan fingerprint density at radius 1 is 1.15 bits per heavy atom. The number of hydrogen-bond donors (Lipinski definition) is 1. The van der Waals surface area contributed by atoms with Crippen LogP contribution in [0, 0.1) is 18.3 Å². The van der Waals surface area contributed by atoms with Crippen LogP contribution < -0.4 is 14.8 Å². The van der Waals surface area contributed by atoms with Crippen molar-refractivity contribution in [2.75, 3.05) is 12.4 Å². The van der Waals surface area contributed by atoms with Crippen LogP contribution in [0.1, 0.15) is 22.3 Å². The number of nitriles is 1. The number of halogens is 1. The summed E-state index contributed by atoms with van der Waals surface area (Å²) in [5.41, 5.74) is 3.89. The topological polar surface area (TPSA) is 71.4 Å². The Kier molecular flexibility index (Phi) is 8.50. The lowest BCUT2D eigenvalue weighted by molar-refractivity contribution is -0.112. The fourth-order valence-electron chi connectivity index (χ4n) is 3.39. The second-order valence-corrected chi connectivity index (χ2v) is 7.98. The lowest BCUT2D eigenvalue weighted by Crippen LogP contribution is -2.13. The molecule has 6 heteroatoms. The number of methoxy groups -OCH3 is 1. The molecule has 0 bridgehead atoms. The Morgan fingerprint density at radius 3 is 2.62 bits per heavy atom. The number of nitrogens with one attached hydrogen (secondary N) is 1. The second-order valence-electron chi connectivity index (χ2n) is 7.58. The van der Waals surface area contributed by atoms with Crippen LogP contribution in [0.2, 0.25) is 5.02 Å². The number of carbonyl (C=O) groups excluding carboxylic acids is 1. The van der Waals surface area contributed by atoms with Crippen LogP contribution in [-0.4, -0.2) is 13.0 Å². The monoisotopic (exact) mass is 472 g/mol. The average molecular weight is 473 g/mol. The quantitative estimate of drug-likeness (QED) is 0.219. The normalized spacial score (nSPS) is 10.8. The molecule has 0 unspecified atom stereocenters. The molecule has 3 aromatic rings. The molecular formula is C28H25ClN2O3. The van der Waals surface area contributed by atoms with Gasteiger partial charge in [0.25, 0.3) is 5.91 Å². The molecular weight excluding hydrogens is 448 g/mol. The molecule has 0 radical (unpaired) electrons. The van der Waals surface area contributed by atoms with Crippen molar-refractivity contribution in [3.63, 3.8) is 0 Å². The molecule has 0 heterocycles. The van der Waals surface area contributed by atoms with E-state index in [1.165, 1.54) is 6.08 Å². The van der Waals surface area contributed by atoms with Crippen LogP contribution in [-0.2, 0) is 17.8 Å². The summed E-state index contributed by atoms with van der Waals surface area (Å²) in [5, 5.41) is 13.0. The molecule has 0 spiro atoms. The average Bonchev–Trinajstić information content (AvgIpc) is 2.82. The smallest absolute Gasteiger partial charge is 0.266 e. The van der Waals surface area contributed by atoms with Gasteiger partial charge in [-0.05, 0) is 60.9 Å². The zero-order valence-electron chi connectivity index (χ0n) is 19.1. The van der Waals surface area contributed by atoms with Crippen molar-refractivity contribution in [3.8, 4) is 17.6 Å². The van der Waals surface area contributed by atoms with Crippen LogP contribution in [0.4, 0.5) is 5.69 Å². The molecule has 34 heavy (non-hydrogen) atoms. The highest BCUT2D eigenvalue weighted by Gasteiger charge is 2.15. The maximum absolute atomic E-state index is 12.7. The molecule has 172 valence electrons. The lowest BCUT2D eigenvalue weighted by Gasteiger charge is -2.16. The highest BCUT2D eigenvalue weighted by molar-refractivity contribution is 6.31. The first kappa shape index (κ1) is 24.6. The van der Waals surface area contributed by atoms with Crippen molar-refractivity contribution in [1.29, 1.82) is 5.26 Å². The van der Waals surface area contributed by atoms with Crippen molar-refractivity contribution in [2.45, 2.75) is 20.0 Å². The molecule has 0 saturated heterocycles. The lowest BCUT2D eigenvalue weighted by atomic mass is 10.0. The number of ether oxygens (including phenoxy) is 2. The fraction of sp³-hybridized carbons (Fsp3) is 0.143. The number of amides is 1. The summed E-state index contributed by atoms with van der Waals surface area (Å²) in [6.45, 7) is 6.02. The Bertz CT molecular complexity index is 1270. The molecule has 0 aliphatic heterocycles. The molecule has 3 rings (SSSR count). The van der Waals surface area contributed by atoms with Crippen LogP contribution >= 0.6 is 11.6 Å². The van der Waals surface area contributed by atoms with E-state index >= 15 is 0 Å². The van der Waals surface area contributed by atoms with Gasteiger partial charge in [-0.1, -0.05) is 48.0 Å². The number of benzene rings is 3. The summed E-state index contributed by atoms with van der Waals surface area (Å²) < 4.78 is 11.7. The zero-order chi connectivity index (χ0) is 24.5. The third-order valence-corrected chi connectivity index (χ3v) is 5.39. The number of allylic oxidation sites excluding steroid dienone is 1. The maximum atomic E-state index is 12.7. The molecule has 1 amide bonds.